The van der Waals surface area contributed by atoms with E-state index in [-0.39, 0.29) is 5.56 Å². The summed E-state index contributed by atoms with van der Waals surface area (Å²) in [5.74, 6) is -1.23. The number of carbonyl (C=O) groups is 1. The topological polar surface area (TPSA) is 72.4 Å². The Morgan fingerprint density at radius 3 is 2.83 bits per heavy atom. The average molecular weight is 231 g/mol. The quantitative estimate of drug-likeness (QED) is 0.550. The Bertz CT molecular complexity index is 314. The Balaban J connectivity index is 3.13. The normalized spacial score (nSPS) is 9.50. The van der Waals surface area contributed by atoms with Crippen LogP contribution in [0.25, 0.3) is 0 Å². The highest BCUT2D eigenvalue weighted by Gasteiger charge is 2.04. The van der Waals surface area contributed by atoms with Crippen molar-refractivity contribution in [1.82, 2.24) is 5.48 Å². The molecule has 12 heavy (non-hydrogen) atoms. The molecule has 0 atom stereocenters. The molecule has 0 aromatic heterocycles. The maximum atomic E-state index is 11.0. The molecule has 5 heteroatoms. The number of hydrogen-bond acceptors (Lipinski definition) is 3. The molecule has 64 valence electrons. The summed E-state index contributed by atoms with van der Waals surface area (Å²) in [6.45, 7) is 0. The second kappa shape index (κ2) is 3.55. The molecule has 0 saturated carbocycles. The molecular weight excluding hydrogens is 226 g/mol. The van der Waals surface area contributed by atoms with Gasteiger partial charge in [-0.05, 0) is 12.1 Å². The number of benzene rings is 1. The molecule has 0 bridgehead atoms. The van der Waals surface area contributed by atoms with Crippen molar-refractivity contribution < 1.29 is 15.1 Å². The summed E-state index contributed by atoms with van der Waals surface area (Å²) in [5, 5.41) is 19.2. The first-order valence-corrected chi connectivity index (χ1v) is 3.85. The van der Waals surface area contributed by atoms with Gasteiger partial charge in [-0.3, -0.25) is 10.0 Å². The van der Waals surface area contributed by atoms with E-state index in [1.54, 1.807) is 0 Å². The largest absolute Gasteiger partial charge is 0.872 e. The van der Waals surface area contributed by atoms with Gasteiger partial charge in [0.15, 0.2) is 0 Å². The van der Waals surface area contributed by atoms with Gasteiger partial charge in [-0.15, -0.1) is 0 Å². The zero-order valence-electron chi connectivity index (χ0n) is 5.87. The van der Waals surface area contributed by atoms with Crippen LogP contribution in [0.1, 0.15) is 10.4 Å². The molecule has 0 radical (unpaired) electrons. The lowest BCUT2D eigenvalue weighted by Crippen LogP contribution is -2.20. The summed E-state index contributed by atoms with van der Waals surface area (Å²) >= 11 is 3.09. The zero-order valence-corrected chi connectivity index (χ0v) is 7.46. The summed E-state index contributed by atoms with van der Waals surface area (Å²) in [6.07, 6.45) is 0. The van der Waals surface area contributed by atoms with Crippen molar-refractivity contribution in [2.24, 2.45) is 0 Å². The monoisotopic (exact) mass is 230 g/mol. The van der Waals surface area contributed by atoms with Crippen LogP contribution < -0.4 is 10.6 Å². The molecule has 0 unspecified atom stereocenters. The van der Waals surface area contributed by atoms with Crippen molar-refractivity contribution in [3.63, 3.8) is 0 Å². The smallest absolute Gasteiger partial charge is 0.274 e. The fourth-order valence-electron chi connectivity index (χ4n) is 0.740. The fourth-order valence-corrected chi connectivity index (χ4v) is 1.10. The first-order chi connectivity index (χ1) is 5.65. The van der Waals surface area contributed by atoms with E-state index in [1.165, 1.54) is 23.7 Å². The van der Waals surface area contributed by atoms with Crippen LogP contribution in [0.4, 0.5) is 0 Å². The summed E-state index contributed by atoms with van der Waals surface area (Å²) in [7, 11) is 0. The summed E-state index contributed by atoms with van der Waals surface area (Å²) in [6, 6.07) is 4.11. The minimum absolute atomic E-state index is 0.0909. The summed E-state index contributed by atoms with van der Waals surface area (Å²) < 4.78 is 0.612. The van der Waals surface area contributed by atoms with Gasteiger partial charge in [0.2, 0.25) is 0 Å². The summed E-state index contributed by atoms with van der Waals surface area (Å²) in [4.78, 5) is 10.8. The third kappa shape index (κ3) is 1.75. The van der Waals surface area contributed by atoms with Gasteiger partial charge in [-0.2, -0.15) is 0 Å². The van der Waals surface area contributed by atoms with Crippen LogP contribution in [0.2, 0.25) is 0 Å². The molecule has 1 amide bonds. The standard InChI is InChI=1S/C7H6BrNO3/c8-4-1-2-6(10)5(3-4)7(11)9-12/h1-3,10,12H,(H,9,11)/p-1. The molecule has 1 rings (SSSR count). The molecule has 2 N–H and O–H groups in total. The van der Waals surface area contributed by atoms with Crippen LogP contribution in [0.5, 0.6) is 5.75 Å². The molecule has 0 spiro atoms. The maximum Gasteiger partial charge on any atom is 0.274 e. The van der Waals surface area contributed by atoms with E-state index < -0.39 is 11.7 Å². The van der Waals surface area contributed by atoms with Crippen molar-refractivity contribution in [1.29, 1.82) is 0 Å². The van der Waals surface area contributed by atoms with E-state index in [1.807, 2.05) is 0 Å². The number of rotatable bonds is 1. The number of carbonyl (C=O) groups excluding carboxylic acids is 1. The lowest BCUT2D eigenvalue weighted by atomic mass is 10.2. The van der Waals surface area contributed by atoms with Crippen molar-refractivity contribution in [3.05, 3.63) is 28.2 Å². The van der Waals surface area contributed by atoms with Gasteiger partial charge >= 0.3 is 0 Å². The van der Waals surface area contributed by atoms with Crippen LogP contribution in [0.3, 0.4) is 0 Å². The van der Waals surface area contributed by atoms with Crippen molar-refractivity contribution in [2.75, 3.05) is 0 Å². The highest BCUT2D eigenvalue weighted by molar-refractivity contribution is 9.10. The Kier molecular flexibility index (Phi) is 2.67. The zero-order chi connectivity index (χ0) is 9.14. The maximum absolute atomic E-state index is 11.0. The first-order valence-electron chi connectivity index (χ1n) is 3.06. The molecule has 1 aromatic rings. The molecule has 4 nitrogen and oxygen atoms in total. The van der Waals surface area contributed by atoms with Gasteiger partial charge in [0.05, 0.1) is 0 Å². The second-order valence-electron chi connectivity index (χ2n) is 2.08. The van der Waals surface area contributed by atoms with E-state index >= 15 is 0 Å². The van der Waals surface area contributed by atoms with E-state index in [0.29, 0.717) is 4.47 Å². The molecule has 0 aliphatic heterocycles. The highest BCUT2D eigenvalue weighted by Crippen LogP contribution is 2.19. The lowest BCUT2D eigenvalue weighted by molar-refractivity contribution is -0.268. The third-order valence-electron chi connectivity index (χ3n) is 1.29. The van der Waals surface area contributed by atoms with Crippen molar-refractivity contribution >= 4 is 21.8 Å². The molecule has 0 heterocycles. The minimum Gasteiger partial charge on any atom is -0.872 e. The number of nitrogens with one attached hydrogen (secondary N) is 1. The van der Waals surface area contributed by atoms with E-state index in [9.17, 15) is 9.90 Å². The van der Waals surface area contributed by atoms with Crippen LogP contribution >= 0.6 is 15.9 Å². The van der Waals surface area contributed by atoms with E-state index in [0.717, 1.165) is 0 Å². The van der Waals surface area contributed by atoms with Gasteiger partial charge in [0.25, 0.3) is 5.91 Å². The van der Waals surface area contributed by atoms with Crippen LogP contribution in [0.15, 0.2) is 22.7 Å². The number of amides is 1. The average Bonchev–Trinajstić information content (AvgIpc) is 2.08. The molecule has 0 aliphatic rings. The Hall–Kier alpha value is -1.07. The van der Waals surface area contributed by atoms with Crippen LogP contribution in [-0.4, -0.2) is 11.1 Å². The molecule has 0 aliphatic carbocycles. The molecule has 0 fully saturated rings. The highest BCUT2D eigenvalue weighted by atomic mass is 79.9. The molecular formula is C7H5BrNO3-. The molecule has 1 aromatic carbocycles. The first kappa shape index (κ1) is 9.02. The van der Waals surface area contributed by atoms with Gasteiger partial charge in [0, 0.05) is 10.0 Å². The Morgan fingerprint density at radius 1 is 1.58 bits per heavy atom. The van der Waals surface area contributed by atoms with Gasteiger partial charge in [0.1, 0.15) is 0 Å². The molecule has 0 saturated heterocycles. The van der Waals surface area contributed by atoms with E-state index in [2.05, 4.69) is 15.9 Å². The number of hydroxylamine groups is 1. The number of halogens is 1. The predicted octanol–water partition coefficient (Wildman–Crippen LogP) is 0.642. The van der Waals surface area contributed by atoms with Crippen molar-refractivity contribution in [2.45, 2.75) is 0 Å². The summed E-state index contributed by atoms with van der Waals surface area (Å²) in [5.41, 5.74) is 1.30. The van der Waals surface area contributed by atoms with Gasteiger partial charge in [-0.1, -0.05) is 27.7 Å². The number of hydrogen-bond donors (Lipinski definition) is 2. The lowest BCUT2D eigenvalue weighted by Gasteiger charge is -2.10. The van der Waals surface area contributed by atoms with E-state index in [4.69, 9.17) is 5.21 Å². The Labute approximate surface area is 76.9 Å². The van der Waals surface area contributed by atoms with Crippen LogP contribution in [0, 0.1) is 0 Å². The second-order valence-corrected chi connectivity index (χ2v) is 3.00. The van der Waals surface area contributed by atoms with Crippen LogP contribution in [-0.2, 0) is 0 Å². The van der Waals surface area contributed by atoms with Gasteiger partial charge in [-0.25, -0.2) is 5.48 Å². The minimum atomic E-state index is -0.804. The van der Waals surface area contributed by atoms with Gasteiger partial charge < -0.3 is 5.11 Å². The fraction of sp³-hybridized carbons (Fsp3) is 0. The predicted molar refractivity (Wildman–Crippen MR) is 42.8 cm³/mol. The SMILES string of the molecule is O=C(NO)c1cc(Br)ccc1[O-]. The third-order valence-corrected chi connectivity index (χ3v) is 1.78. The Morgan fingerprint density at radius 2 is 2.25 bits per heavy atom. The van der Waals surface area contributed by atoms with Crippen molar-refractivity contribution in [3.8, 4) is 5.75 Å².